The van der Waals surface area contributed by atoms with Gasteiger partial charge in [0.05, 0.1) is 43.9 Å². The molecular formula is C39H50N4O7. The van der Waals surface area contributed by atoms with E-state index >= 15 is 0 Å². The molecule has 1 aromatic rings. The van der Waals surface area contributed by atoms with Crippen LogP contribution in [0.15, 0.2) is 76.0 Å². The van der Waals surface area contributed by atoms with Crippen molar-refractivity contribution >= 4 is 41.0 Å². The van der Waals surface area contributed by atoms with Gasteiger partial charge in [-0.25, -0.2) is 14.6 Å². The summed E-state index contributed by atoms with van der Waals surface area (Å²) >= 11 is 0. The van der Waals surface area contributed by atoms with Gasteiger partial charge in [-0.1, -0.05) is 50.3 Å². The fourth-order valence-electron chi connectivity index (χ4n) is 8.07. The predicted octanol–water partition coefficient (Wildman–Crippen LogP) is 4.21. The van der Waals surface area contributed by atoms with Gasteiger partial charge >= 0.3 is 11.9 Å². The molecule has 2 heterocycles. The van der Waals surface area contributed by atoms with Crippen LogP contribution in [-0.2, 0) is 23.9 Å². The molecule has 50 heavy (non-hydrogen) atoms. The van der Waals surface area contributed by atoms with E-state index in [9.17, 15) is 24.6 Å². The Morgan fingerprint density at radius 1 is 1.24 bits per heavy atom. The number of aliphatic imine (C=N–C) groups is 2. The van der Waals surface area contributed by atoms with Gasteiger partial charge in [0.25, 0.3) is 0 Å². The van der Waals surface area contributed by atoms with Gasteiger partial charge in [0.1, 0.15) is 17.2 Å². The van der Waals surface area contributed by atoms with Crippen LogP contribution in [-0.4, -0.2) is 92.0 Å². The number of aliphatic hydroxyl groups is 2. The maximum Gasteiger partial charge on any atom is 0.343 e. The van der Waals surface area contributed by atoms with Crippen LogP contribution in [0, 0.1) is 22.7 Å². The van der Waals surface area contributed by atoms with Crippen LogP contribution in [0.2, 0.25) is 0 Å². The third kappa shape index (κ3) is 7.17. The molecule has 11 heteroatoms. The first-order valence-corrected chi connectivity index (χ1v) is 17.4. The zero-order chi connectivity index (χ0) is 36.4. The van der Waals surface area contributed by atoms with E-state index in [1.807, 2.05) is 51.1 Å². The van der Waals surface area contributed by atoms with Crippen molar-refractivity contribution in [1.82, 2.24) is 5.32 Å². The summed E-state index contributed by atoms with van der Waals surface area (Å²) in [7, 11) is 3.84. The number of ketones is 1. The van der Waals surface area contributed by atoms with Crippen molar-refractivity contribution in [1.29, 1.82) is 0 Å². The van der Waals surface area contributed by atoms with Gasteiger partial charge in [-0.15, -0.1) is 0 Å². The van der Waals surface area contributed by atoms with E-state index in [2.05, 4.69) is 28.8 Å². The normalized spacial score (nSPS) is 30.8. The number of benzene rings is 1. The topological polar surface area (TPSA) is 150 Å². The Morgan fingerprint density at radius 2 is 1.96 bits per heavy atom. The number of nitrogens with one attached hydrogen (secondary N) is 1. The van der Waals surface area contributed by atoms with E-state index in [-0.39, 0.29) is 60.2 Å². The van der Waals surface area contributed by atoms with Crippen LogP contribution in [0.3, 0.4) is 0 Å². The number of hydrogen-bond acceptors (Lipinski definition) is 11. The van der Waals surface area contributed by atoms with Crippen molar-refractivity contribution in [3.05, 3.63) is 71.5 Å². The highest BCUT2D eigenvalue weighted by Gasteiger charge is 2.59. The number of esters is 2. The Bertz CT molecular complexity index is 1670. The van der Waals surface area contributed by atoms with Crippen molar-refractivity contribution in [2.24, 2.45) is 32.7 Å². The smallest absolute Gasteiger partial charge is 0.343 e. The number of carbonyl (C=O) groups is 3. The number of nitrogens with zero attached hydrogens (tertiary/aromatic N) is 3. The molecule has 0 aromatic heterocycles. The molecule has 0 saturated heterocycles. The third-order valence-corrected chi connectivity index (χ3v) is 11.1. The van der Waals surface area contributed by atoms with Gasteiger partial charge < -0.3 is 29.9 Å². The van der Waals surface area contributed by atoms with Crippen LogP contribution in [0.4, 0.5) is 5.69 Å². The molecule has 2 fully saturated rings. The first-order chi connectivity index (χ1) is 23.7. The molecule has 2 saturated carbocycles. The van der Waals surface area contributed by atoms with Crippen molar-refractivity contribution in [3.63, 3.8) is 0 Å². The molecule has 0 spiro atoms. The zero-order valence-electron chi connectivity index (χ0n) is 29.9. The first kappa shape index (κ1) is 37.1. The van der Waals surface area contributed by atoms with E-state index in [0.29, 0.717) is 37.2 Å². The van der Waals surface area contributed by atoms with Gasteiger partial charge in [0.15, 0.2) is 5.78 Å². The van der Waals surface area contributed by atoms with Crippen LogP contribution >= 0.6 is 0 Å². The van der Waals surface area contributed by atoms with Gasteiger partial charge in [-0.3, -0.25) is 9.79 Å². The number of fused-ring (bicyclic) bond motifs is 1. The van der Waals surface area contributed by atoms with Crippen LogP contribution < -0.4 is 10.2 Å². The summed E-state index contributed by atoms with van der Waals surface area (Å²) in [5, 5.41) is 25.3. The monoisotopic (exact) mass is 686 g/mol. The summed E-state index contributed by atoms with van der Waals surface area (Å²) in [6.07, 6.45) is 8.06. The average Bonchev–Trinajstić information content (AvgIpc) is 3.73. The molecule has 0 amide bonds. The number of ether oxygens (including phenoxy) is 2. The summed E-state index contributed by atoms with van der Waals surface area (Å²) in [5.41, 5.74) is 1.55. The number of cyclic esters (lactones) is 1. The molecule has 2 aliphatic heterocycles. The Kier molecular flexibility index (Phi) is 11.1. The van der Waals surface area contributed by atoms with E-state index in [1.165, 1.54) is 0 Å². The fourth-order valence-corrected chi connectivity index (χ4v) is 8.07. The molecule has 0 radical (unpaired) electrons. The summed E-state index contributed by atoms with van der Waals surface area (Å²) in [4.78, 5) is 50.0. The molecule has 268 valence electrons. The molecule has 3 N–H and O–H groups in total. The Labute approximate surface area is 294 Å². The Morgan fingerprint density at radius 3 is 2.58 bits per heavy atom. The lowest BCUT2D eigenvalue weighted by Gasteiger charge is -2.61. The lowest BCUT2D eigenvalue weighted by Crippen LogP contribution is -2.61. The second-order valence-electron chi connectivity index (χ2n) is 14.5. The minimum absolute atomic E-state index is 0.0449. The standard InChI is InChI=1S/C39H50N4O7/c1-8-49-37(48)35(25-9-12-27(13-10-25)43(6)7)31-19-26(36(47)50-31)11-14-28-23(2)29(42-24(3)30(45)21-34-40-17-18-41-34)20-32-38(28,4)16-15-33(46)39(32,5)22-44/h9-14,17,19,24,28-29,32-33,42,44,46H,2,8,15-16,18,20-22H2,1,3-7H3/b14-11+,35-31-/t24?,28?,29?,32?,33-,38-,39+/m1/s1. The van der Waals surface area contributed by atoms with Crippen LogP contribution in [0.5, 0.6) is 0 Å². The van der Waals surface area contributed by atoms with Crippen LogP contribution in [0.25, 0.3) is 5.57 Å². The summed E-state index contributed by atoms with van der Waals surface area (Å²) in [6.45, 7) is 12.6. The van der Waals surface area contributed by atoms with Gasteiger partial charge in [-0.2, -0.15) is 0 Å². The van der Waals surface area contributed by atoms with E-state index < -0.39 is 34.9 Å². The fraction of sp³-hybridized carbons (Fsp3) is 0.513. The number of allylic oxidation sites excluding steroid dienone is 2. The zero-order valence-corrected chi connectivity index (χ0v) is 29.9. The highest BCUT2D eigenvalue weighted by molar-refractivity contribution is 6.19. The van der Waals surface area contributed by atoms with E-state index in [4.69, 9.17) is 9.47 Å². The highest BCUT2D eigenvalue weighted by Crippen LogP contribution is 2.61. The molecule has 1 aromatic carbocycles. The van der Waals surface area contributed by atoms with Gasteiger partial charge in [0, 0.05) is 43.4 Å². The lowest BCUT2D eigenvalue weighted by atomic mass is 9.45. The molecule has 5 rings (SSSR count). The second-order valence-corrected chi connectivity index (χ2v) is 14.5. The SMILES string of the molecule is C=C1C(NC(C)C(=O)CC2=NCC=N2)CC2[C@](C)(CC[C@@H](O)[C@@]2(C)CO)C1/C=C/C1=CC(=C(/C(=O)OCC)c2ccc(N(C)C)cc2)/OC1=O. The van der Waals surface area contributed by atoms with Crippen molar-refractivity contribution in [2.75, 3.05) is 38.8 Å². The quantitative estimate of drug-likeness (QED) is 0.167. The summed E-state index contributed by atoms with van der Waals surface area (Å²) in [5.74, 6) is -1.05. The first-order valence-electron chi connectivity index (χ1n) is 17.4. The molecule has 4 aliphatic rings. The van der Waals surface area contributed by atoms with Crippen molar-refractivity contribution < 1.29 is 34.1 Å². The second kappa shape index (κ2) is 15.0. The molecule has 11 nitrogen and oxygen atoms in total. The molecule has 2 aliphatic carbocycles. The number of anilines is 1. The molecule has 7 atom stereocenters. The number of hydrogen-bond donors (Lipinski definition) is 3. The largest absolute Gasteiger partial charge is 0.462 e. The summed E-state index contributed by atoms with van der Waals surface area (Å²) < 4.78 is 11.0. The van der Waals surface area contributed by atoms with Crippen molar-refractivity contribution in [3.8, 4) is 0 Å². The lowest BCUT2D eigenvalue weighted by molar-refractivity contribution is -0.149. The van der Waals surface area contributed by atoms with E-state index in [1.54, 1.807) is 37.4 Å². The number of aliphatic hydroxyl groups excluding tert-OH is 2. The average molecular weight is 687 g/mol. The minimum Gasteiger partial charge on any atom is -0.462 e. The Hall–Kier alpha value is -4.19. The number of rotatable bonds is 12. The minimum atomic E-state index is -0.793. The molecular weight excluding hydrogens is 636 g/mol. The highest BCUT2D eigenvalue weighted by atomic mass is 16.6. The molecule has 0 bridgehead atoms. The number of Topliss-reactive ketones (excluding diaryl/α,β-unsaturated/α-hetero) is 1. The summed E-state index contributed by atoms with van der Waals surface area (Å²) in [6, 6.07) is 6.50. The Balaban J connectivity index is 1.49. The molecule has 4 unspecified atom stereocenters. The number of carbonyl (C=O) groups excluding carboxylic acids is 3. The van der Waals surface area contributed by atoms with Gasteiger partial charge in [0.2, 0.25) is 0 Å². The van der Waals surface area contributed by atoms with Crippen molar-refractivity contribution in [2.45, 2.75) is 71.6 Å². The van der Waals surface area contributed by atoms with E-state index in [0.717, 1.165) is 11.3 Å². The number of amidine groups is 1. The predicted molar refractivity (Wildman–Crippen MR) is 194 cm³/mol. The maximum atomic E-state index is 13.3. The van der Waals surface area contributed by atoms with Crippen LogP contribution in [0.1, 0.15) is 58.9 Å². The third-order valence-electron chi connectivity index (χ3n) is 11.1. The van der Waals surface area contributed by atoms with Gasteiger partial charge in [-0.05, 0) is 68.2 Å². The maximum absolute atomic E-state index is 13.3.